The highest BCUT2D eigenvalue weighted by atomic mass is 16.6. The third-order valence-corrected chi connectivity index (χ3v) is 5.88. The standard InChI is InChI=1S/C25H28N2O7/c1-26(2)9-10-27-22(17-7-6-16(31-3)14-19(17)32-4)21(24(29)25(27)30)23(28)15-5-8-18-20(13-15)34-12-11-33-18/h5-8,13-14,22,28H,9-12H2,1-4H3/b23-21+. The fraction of sp³-hybridized carbons (Fsp3) is 0.360. The molecule has 0 bridgehead atoms. The third kappa shape index (κ3) is 4.26. The number of likely N-dealkylation sites (N-methyl/N-ethyl adjacent to an activating group) is 1. The van der Waals surface area contributed by atoms with Crippen molar-refractivity contribution < 1.29 is 33.6 Å². The number of carbonyl (C=O) groups excluding carboxylic acids is 2. The molecule has 0 aliphatic carbocycles. The average Bonchev–Trinajstić information content (AvgIpc) is 3.10. The maximum absolute atomic E-state index is 13.2. The van der Waals surface area contributed by atoms with Gasteiger partial charge in [-0.1, -0.05) is 0 Å². The van der Waals surface area contributed by atoms with Crippen molar-refractivity contribution in [2.45, 2.75) is 6.04 Å². The summed E-state index contributed by atoms with van der Waals surface area (Å²) in [4.78, 5) is 29.7. The van der Waals surface area contributed by atoms with E-state index in [2.05, 4.69) is 0 Å². The minimum absolute atomic E-state index is 0.0103. The number of benzene rings is 2. The van der Waals surface area contributed by atoms with E-state index >= 15 is 0 Å². The van der Waals surface area contributed by atoms with Crippen molar-refractivity contribution in [3.8, 4) is 23.0 Å². The Bertz CT molecular complexity index is 1140. The molecule has 180 valence electrons. The minimum Gasteiger partial charge on any atom is -0.507 e. The van der Waals surface area contributed by atoms with Gasteiger partial charge in [0.1, 0.15) is 30.5 Å². The topological polar surface area (TPSA) is 97.8 Å². The van der Waals surface area contributed by atoms with Gasteiger partial charge >= 0.3 is 0 Å². The Labute approximate surface area is 198 Å². The molecule has 34 heavy (non-hydrogen) atoms. The molecule has 0 spiro atoms. The van der Waals surface area contributed by atoms with Gasteiger partial charge in [-0.2, -0.15) is 0 Å². The summed E-state index contributed by atoms with van der Waals surface area (Å²) < 4.78 is 22.0. The van der Waals surface area contributed by atoms with Crippen LogP contribution in [-0.4, -0.2) is 81.2 Å². The normalized spacial score (nSPS) is 19.0. The van der Waals surface area contributed by atoms with E-state index in [-0.39, 0.29) is 17.9 Å². The molecule has 9 nitrogen and oxygen atoms in total. The van der Waals surface area contributed by atoms with Crippen LogP contribution in [0.5, 0.6) is 23.0 Å². The van der Waals surface area contributed by atoms with Gasteiger partial charge in [-0.3, -0.25) is 9.59 Å². The Hall–Kier alpha value is -3.72. The predicted molar refractivity (Wildman–Crippen MR) is 125 cm³/mol. The van der Waals surface area contributed by atoms with Crippen molar-refractivity contribution in [1.29, 1.82) is 0 Å². The van der Waals surface area contributed by atoms with Crippen molar-refractivity contribution >= 4 is 17.4 Å². The summed E-state index contributed by atoms with van der Waals surface area (Å²) in [5.74, 6) is 0.313. The van der Waals surface area contributed by atoms with E-state index in [9.17, 15) is 14.7 Å². The lowest BCUT2D eigenvalue weighted by Crippen LogP contribution is -2.35. The van der Waals surface area contributed by atoms with E-state index in [1.807, 2.05) is 19.0 Å². The van der Waals surface area contributed by atoms with Gasteiger partial charge in [0, 0.05) is 30.3 Å². The van der Waals surface area contributed by atoms with Gasteiger partial charge in [0.25, 0.3) is 11.7 Å². The Kier molecular flexibility index (Phi) is 6.65. The Balaban J connectivity index is 1.87. The highest BCUT2D eigenvalue weighted by molar-refractivity contribution is 6.46. The molecule has 2 aliphatic rings. The highest BCUT2D eigenvalue weighted by Crippen LogP contribution is 2.44. The SMILES string of the molecule is COc1ccc(C2/C(=C(\O)c3ccc4c(c3)OCCO4)C(=O)C(=O)N2CCN(C)C)c(OC)c1. The lowest BCUT2D eigenvalue weighted by molar-refractivity contribution is -0.140. The number of hydrogen-bond acceptors (Lipinski definition) is 8. The summed E-state index contributed by atoms with van der Waals surface area (Å²) in [7, 11) is 6.81. The van der Waals surface area contributed by atoms with Crippen LogP contribution in [0.15, 0.2) is 42.0 Å². The summed E-state index contributed by atoms with van der Waals surface area (Å²) in [5, 5.41) is 11.3. The van der Waals surface area contributed by atoms with E-state index in [0.717, 1.165) is 0 Å². The number of ketones is 1. The van der Waals surface area contributed by atoms with Crippen molar-refractivity contribution in [2.75, 3.05) is 54.6 Å². The van der Waals surface area contributed by atoms with Crippen LogP contribution in [0, 0.1) is 0 Å². The molecule has 1 amide bonds. The molecule has 0 radical (unpaired) electrons. The van der Waals surface area contributed by atoms with E-state index < -0.39 is 17.7 Å². The highest BCUT2D eigenvalue weighted by Gasteiger charge is 2.47. The van der Waals surface area contributed by atoms with Crippen LogP contribution in [0.2, 0.25) is 0 Å². The molecular weight excluding hydrogens is 440 g/mol. The monoisotopic (exact) mass is 468 g/mol. The number of methoxy groups -OCH3 is 2. The molecule has 1 atom stereocenters. The van der Waals surface area contributed by atoms with Crippen LogP contribution in [0.3, 0.4) is 0 Å². The van der Waals surface area contributed by atoms with Crippen molar-refractivity contribution in [3.05, 3.63) is 53.1 Å². The summed E-state index contributed by atoms with van der Waals surface area (Å²) in [5.41, 5.74) is 0.914. The predicted octanol–water partition coefficient (Wildman–Crippen LogP) is 2.46. The summed E-state index contributed by atoms with van der Waals surface area (Å²) >= 11 is 0. The molecule has 2 aliphatic heterocycles. The van der Waals surface area contributed by atoms with E-state index in [1.165, 1.54) is 12.0 Å². The zero-order chi connectivity index (χ0) is 24.4. The molecule has 2 aromatic rings. The molecule has 1 unspecified atom stereocenters. The van der Waals surface area contributed by atoms with Gasteiger partial charge in [0.2, 0.25) is 0 Å². The summed E-state index contributed by atoms with van der Waals surface area (Å²) in [6.45, 7) is 1.64. The lowest BCUT2D eigenvalue weighted by atomic mass is 9.94. The molecule has 0 aromatic heterocycles. The molecule has 2 heterocycles. The molecule has 9 heteroatoms. The molecule has 0 saturated carbocycles. The van der Waals surface area contributed by atoms with Crippen molar-refractivity contribution in [3.63, 3.8) is 0 Å². The number of likely N-dealkylation sites (tertiary alicyclic amines) is 1. The van der Waals surface area contributed by atoms with Crippen LogP contribution in [0.1, 0.15) is 17.2 Å². The fourth-order valence-electron chi connectivity index (χ4n) is 4.13. The third-order valence-electron chi connectivity index (χ3n) is 5.88. The number of aliphatic hydroxyl groups excluding tert-OH is 1. The fourth-order valence-corrected chi connectivity index (χ4v) is 4.13. The van der Waals surface area contributed by atoms with E-state index in [0.29, 0.717) is 53.9 Å². The number of ether oxygens (including phenoxy) is 4. The molecule has 1 N–H and O–H groups in total. The number of hydrogen-bond donors (Lipinski definition) is 1. The van der Waals surface area contributed by atoms with Gasteiger partial charge in [-0.05, 0) is 44.4 Å². The van der Waals surface area contributed by atoms with Crippen molar-refractivity contribution in [2.24, 2.45) is 0 Å². The number of rotatable bonds is 7. The first-order valence-electron chi connectivity index (χ1n) is 10.9. The van der Waals surface area contributed by atoms with Gasteiger partial charge in [0.05, 0.1) is 25.8 Å². The molecule has 1 saturated heterocycles. The first-order valence-corrected chi connectivity index (χ1v) is 10.9. The molecule has 4 rings (SSSR count). The lowest BCUT2D eigenvalue weighted by Gasteiger charge is -2.28. The maximum atomic E-state index is 13.2. The number of aliphatic hydroxyl groups is 1. The van der Waals surface area contributed by atoms with Gasteiger partial charge < -0.3 is 33.9 Å². The van der Waals surface area contributed by atoms with Gasteiger partial charge in [-0.15, -0.1) is 0 Å². The van der Waals surface area contributed by atoms with Crippen molar-refractivity contribution in [1.82, 2.24) is 9.80 Å². The van der Waals surface area contributed by atoms with E-state index in [4.69, 9.17) is 18.9 Å². The smallest absolute Gasteiger partial charge is 0.295 e. The first-order chi connectivity index (χ1) is 16.3. The maximum Gasteiger partial charge on any atom is 0.295 e. The van der Waals surface area contributed by atoms with E-state index in [1.54, 1.807) is 43.5 Å². The molecule has 2 aromatic carbocycles. The molecular formula is C25H28N2O7. The van der Waals surface area contributed by atoms with Crippen LogP contribution >= 0.6 is 0 Å². The second kappa shape index (κ2) is 9.64. The second-order valence-corrected chi connectivity index (χ2v) is 8.26. The number of Topliss-reactive ketones (excluding diaryl/α,β-unsaturated/α-hetero) is 1. The average molecular weight is 469 g/mol. The van der Waals surface area contributed by atoms with Crippen LogP contribution in [0.4, 0.5) is 0 Å². The number of fused-ring (bicyclic) bond motifs is 1. The van der Waals surface area contributed by atoms with Crippen LogP contribution in [-0.2, 0) is 9.59 Å². The second-order valence-electron chi connectivity index (χ2n) is 8.26. The summed E-state index contributed by atoms with van der Waals surface area (Å²) in [6, 6.07) is 9.24. The minimum atomic E-state index is -0.839. The number of carbonyl (C=O) groups is 2. The Morgan fingerprint density at radius 1 is 1.06 bits per heavy atom. The zero-order valence-electron chi connectivity index (χ0n) is 19.7. The number of amides is 1. The van der Waals surface area contributed by atoms with Crippen LogP contribution < -0.4 is 18.9 Å². The van der Waals surface area contributed by atoms with Gasteiger partial charge in [-0.25, -0.2) is 0 Å². The number of nitrogens with zero attached hydrogens (tertiary/aromatic N) is 2. The Morgan fingerprint density at radius 2 is 1.79 bits per heavy atom. The largest absolute Gasteiger partial charge is 0.507 e. The first kappa shape index (κ1) is 23.4. The quantitative estimate of drug-likeness (QED) is 0.376. The van der Waals surface area contributed by atoms with Crippen LogP contribution in [0.25, 0.3) is 5.76 Å². The summed E-state index contributed by atoms with van der Waals surface area (Å²) in [6.07, 6.45) is 0. The zero-order valence-corrected chi connectivity index (χ0v) is 19.7. The molecule has 1 fully saturated rings. The van der Waals surface area contributed by atoms with Gasteiger partial charge in [0.15, 0.2) is 11.5 Å². The Morgan fingerprint density at radius 3 is 2.47 bits per heavy atom.